The number of hydrogen-bond acceptors (Lipinski definition) is 3. The molecule has 2 aromatic heterocycles. The lowest BCUT2D eigenvalue weighted by Gasteiger charge is -2.17. The van der Waals surface area contributed by atoms with Crippen LogP contribution in [0.4, 0.5) is 0 Å². The number of nitrogens with zero attached hydrogens (tertiary/aromatic N) is 3. The van der Waals surface area contributed by atoms with Gasteiger partial charge in [-0.25, -0.2) is 9.97 Å². The largest absolute Gasteiger partial charge is 0.264 e. The van der Waals surface area contributed by atoms with E-state index in [1.54, 1.807) is 0 Å². The molecule has 8 aromatic carbocycles. The van der Waals surface area contributed by atoms with E-state index < -0.39 is 0 Å². The molecule has 0 bridgehead atoms. The fourth-order valence-electron chi connectivity index (χ4n) is 7.71. The Morgan fingerprint density at radius 2 is 0.788 bits per heavy atom. The molecule has 0 unspecified atom stereocenters. The molecule has 0 aliphatic heterocycles. The van der Waals surface area contributed by atoms with Crippen LogP contribution in [0.2, 0.25) is 0 Å². The van der Waals surface area contributed by atoms with Crippen LogP contribution >= 0.6 is 0 Å². The quantitative estimate of drug-likeness (QED) is 0.172. The molecule has 2 heterocycles. The van der Waals surface area contributed by atoms with Crippen LogP contribution in [-0.4, -0.2) is 15.0 Å². The number of benzene rings is 8. The third kappa shape index (κ3) is 5.10. The van der Waals surface area contributed by atoms with Gasteiger partial charge in [-0.3, -0.25) is 4.98 Å². The zero-order chi connectivity index (χ0) is 34.4. The summed E-state index contributed by atoms with van der Waals surface area (Å²) in [5.74, 6) is 0.675. The van der Waals surface area contributed by atoms with E-state index in [0.717, 1.165) is 50.3 Å². The normalized spacial score (nSPS) is 11.5. The molecular weight excluding hydrogens is 631 g/mol. The van der Waals surface area contributed by atoms with E-state index in [0.29, 0.717) is 5.82 Å². The zero-order valence-electron chi connectivity index (χ0n) is 28.2. The van der Waals surface area contributed by atoms with Gasteiger partial charge in [0.25, 0.3) is 0 Å². The van der Waals surface area contributed by atoms with E-state index >= 15 is 0 Å². The van der Waals surface area contributed by atoms with Crippen molar-refractivity contribution in [3.63, 3.8) is 0 Å². The molecule has 0 saturated carbocycles. The molecule has 10 aromatic rings. The Kier molecular flexibility index (Phi) is 7.14. The molecule has 10 rings (SSSR count). The van der Waals surface area contributed by atoms with Crippen molar-refractivity contribution in [1.82, 2.24) is 15.0 Å². The van der Waals surface area contributed by atoms with Gasteiger partial charge in [0.1, 0.15) is 0 Å². The molecule has 0 aliphatic rings. The second kappa shape index (κ2) is 12.4. The van der Waals surface area contributed by atoms with E-state index in [1.807, 2.05) is 30.6 Å². The summed E-state index contributed by atoms with van der Waals surface area (Å²) in [6, 6.07) is 62.5. The summed E-state index contributed by atoms with van der Waals surface area (Å²) in [4.78, 5) is 15.0. The summed E-state index contributed by atoms with van der Waals surface area (Å²) in [7, 11) is 0. The van der Waals surface area contributed by atoms with Gasteiger partial charge in [-0.2, -0.15) is 0 Å². The summed E-state index contributed by atoms with van der Waals surface area (Å²) in [6.45, 7) is 0. The topological polar surface area (TPSA) is 38.7 Å². The van der Waals surface area contributed by atoms with Crippen LogP contribution in [0, 0.1) is 0 Å². The Labute approximate surface area is 301 Å². The van der Waals surface area contributed by atoms with Crippen molar-refractivity contribution in [3.8, 4) is 56.2 Å². The molecule has 0 fully saturated rings. The first-order valence-electron chi connectivity index (χ1n) is 17.6. The third-order valence-electron chi connectivity index (χ3n) is 10.1. The minimum Gasteiger partial charge on any atom is -0.264 e. The van der Waals surface area contributed by atoms with Crippen LogP contribution in [0.1, 0.15) is 0 Å². The number of hydrogen-bond donors (Lipinski definition) is 0. The smallest absolute Gasteiger partial charge is 0.160 e. The summed E-state index contributed by atoms with van der Waals surface area (Å²) < 4.78 is 0. The highest BCUT2D eigenvalue weighted by molar-refractivity contribution is 6.33. The van der Waals surface area contributed by atoms with Crippen LogP contribution in [-0.2, 0) is 0 Å². The van der Waals surface area contributed by atoms with E-state index in [1.165, 1.54) is 43.1 Å². The van der Waals surface area contributed by atoms with Crippen molar-refractivity contribution in [1.29, 1.82) is 0 Å². The monoisotopic (exact) mass is 661 g/mol. The fourth-order valence-corrected chi connectivity index (χ4v) is 7.71. The maximum atomic E-state index is 5.23. The first-order chi connectivity index (χ1) is 25.8. The lowest BCUT2D eigenvalue weighted by molar-refractivity contribution is 1.18. The Morgan fingerprint density at radius 1 is 0.308 bits per heavy atom. The Balaban J connectivity index is 1.29. The molecule has 52 heavy (non-hydrogen) atoms. The standard InChI is InChI=1S/C49H31N3/c1-3-14-32(15-4-1)46-30-47(33-16-5-2-6-17-33)52-49(51-46)37-27-35(34-18-13-25-50-31-34)26-36(28-37)44-29-45-40-21-8-7-19-38(40)39-20-9-11-23-42(39)48(45)43-24-12-10-22-41(43)44/h1-31H. The predicted molar refractivity (Wildman–Crippen MR) is 217 cm³/mol. The molecule has 0 radical (unpaired) electrons. The van der Waals surface area contributed by atoms with E-state index in [2.05, 4.69) is 163 Å². The second-order valence-corrected chi connectivity index (χ2v) is 13.2. The highest BCUT2D eigenvalue weighted by Crippen LogP contribution is 2.44. The summed E-state index contributed by atoms with van der Waals surface area (Å²) in [5.41, 5.74) is 9.16. The van der Waals surface area contributed by atoms with Crippen molar-refractivity contribution in [2.24, 2.45) is 0 Å². The first-order valence-corrected chi connectivity index (χ1v) is 17.6. The van der Waals surface area contributed by atoms with Gasteiger partial charge in [0.15, 0.2) is 5.82 Å². The minimum atomic E-state index is 0.675. The van der Waals surface area contributed by atoms with Gasteiger partial charge >= 0.3 is 0 Å². The van der Waals surface area contributed by atoms with Crippen LogP contribution in [0.15, 0.2) is 188 Å². The van der Waals surface area contributed by atoms with Crippen molar-refractivity contribution in [2.75, 3.05) is 0 Å². The number of fused-ring (bicyclic) bond motifs is 8. The average Bonchev–Trinajstić information content (AvgIpc) is 3.24. The summed E-state index contributed by atoms with van der Waals surface area (Å²) >= 11 is 0. The van der Waals surface area contributed by atoms with Gasteiger partial charge in [0.2, 0.25) is 0 Å². The van der Waals surface area contributed by atoms with Gasteiger partial charge in [0, 0.05) is 34.6 Å². The molecule has 242 valence electrons. The molecule has 0 aliphatic carbocycles. The number of rotatable bonds is 5. The minimum absolute atomic E-state index is 0.675. The summed E-state index contributed by atoms with van der Waals surface area (Å²) in [6.07, 6.45) is 3.75. The van der Waals surface area contributed by atoms with Gasteiger partial charge < -0.3 is 0 Å². The van der Waals surface area contributed by atoms with Crippen LogP contribution in [0.25, 0.3) is 99.2 Å². The lowest BCUT2D eigenvalue weighted by atomic mass is 9.86. The van der Waals surface area contributed by atoms with Crippen LogP contribution < -0.4 is 0 Å². The van der Waals surface area contributed by atoms with E-state index in [4.69, 9.17) is 9.97 Å². The van der Waals surface area contributed by atoms with Crippen molar-refractivity contribution in [2.45, 2.75) is 0 Å². The highest BCUT2D eigenvalue weighted by Gasteiger charge is 2.18. The number of pyridine rings is 1. The average molecular weight is 662 g/mol. The predicted octanol–water partition coefficient (Wildman–Crippen LogP) is 12.8. The molecule has 0 amide bonds. The maximum Gasteiger partial charge on any atom is 0.160 e. The molecule has 3 nitrogen and oxygen atoms in total. The molecular formula is C49H31N3. The van der Waals surface area contributed by atoms with Gasteiger partial charge in [-0.15, -0.1) is 0 Å². The van der Waals surface area contributed by atoms with Crippen LogP contribution in [0.5, 0.6) is 0 Å². The first kappa shape index (κ1) is 29.9. The zero-order valence-corrected chi connectivity index (χ0v) is 28.2. The Hall–Kier alpha value is -6.97. The lowest BCUT2D eigenvalue weighted by Crippen LogP contribution is -1.97. The maximum absolute atomic E-state index is 5.23. The molecule has 0 spiro atoms. The fraction of sp³-hybridized carbons (Fsp3) is 0. The second-order valence-electron chi connectivity index (χ2n) is 13.2. The molecule has 0 atom stereocenters. The van der Waals surface area contributed by atoms with Crippen molar-refractivity contribution < 1.29 is 0 Å². The van der Waals surface area contributed by atoms with Crippen LogP contribution in [0.3, 0.4) is 0 Å². The Morgan fingerprint density at radius 3 is 1.40 bits per heavy atom. The van der Waals surface area contributed by atoms with Gasteiger partial charge in [0.05, 0.1) is 11.4 Å². The van der Waals surface area contributed by atoms with E-state index in [-0.39, 0.29) is 0 Å². The van der Waals surface area contributed by atoms with Crippen molar-refractivity contribution >= 4 is 43.1 Å². The number of aromatic nitrogens is 3. The van der Waals surface area contributed by atoms with Gasteiger partial charge in [-0.1, -0.05) is 140 Å². The molecule has 3 heteroatoms. The van der Waals surface area contributed by atoms with Crippen molar-refractivity contribution in [3.05, 3.63) is 188 Å². The Bertz CT molecular complexity index is 2880. The third-order valence-corrected chi connectivity index (χ3v) is 10.1. The summed E-state index contributed by atoms with van der Waals surface area (Å²) in [5, 5.41) is 10.0. The SMILES string of the molecule is c1ccc(-c2cc(-c3ccccc3)nc(-c3cc(-c4cccnc4)cc(-c4cc5c6ccccc6c6ccccc6c5c5ccccc45)c3)n2)cc1. The molecule has 0 N–H and O–H groups in total. The van der Waals surface area contributed by atoms with E-state index in [9.17, 15) is 0 Å². The molecule has 0 saturated heterocycles. The van der Waals surface area contributed by atoms with Gasteiger partial charge in [-0.05, 0) is 96.2 Å². The highest BCUT2D eigenvalue weighted by atomic mass is 14.9.